The smallest absolute Gasteiger partial charge is 0.261 e. The van der Waals surface area contributed by atoms with E-state index in [0.717, 1.165) is 73.5 Å². The first-order valence-corrected chi connectivity index (χ1v) is 12.5. The molecule has 2 saturated heterocycles. The van der Waals surface area contributed by atoms with Crippen LogP contribution in [0.1, 0.15) is 57.2 Å². The predicted molar refractivity (Wildman–Crippen MR) is 129 cm³/mol. The van der Waals surface area contributed by atoms with Crippen molar-refractivity contribution in [3.63, 3.8) is 0 Å². The minimum Gasteiger partial charge on any atom is -0.349 e. The largest absolute Gasteiger partial charge is 0.349 e. The summed E-state index contributed by atoms with van der Waals surface area (Å²) in [5.74, 6) is 0.935. The van der Waals surface area contributed by atoms with Crippen molar-refractivity contribution >= 4 is 33.9 Å². The number of anilines is 1. The van der Waals surface area contributed by atoms with Crippen LogP contribution in [0.2, 0.25) is 0 Å². The Morgan fingerprint density at radius 1 is 1.03 bits per heavy atom. The maximum atomic E-state index is 13.1. The van der Waals surface area contributed by atoms with Crippen molar-refractivity contribution in [2.24, 2.45) is 0 Å². The van der Waals surface area contributed by atoms with E-state index in [1.807, 2.05) is 27.7 Å². The summed E-state index contributed by atoms with van der Waals surface area (Å²) in [6.45, 7) is 5.51. The van der Waals surface area contributed by atoms with E-state index >= 15 is 0 Å². The molecular weight excluding hydrogens is 406 g/mol. The lowest BCUT2D eigenvalue weighted by molar-refractivity contribution is -0.931. The van der Waals surface area contributed by atoms with E-state index in [4.69, 9.17) is 17.2 Å². The van der Waals surface area contributed by atoms with Gasteiger partial charge >= 0.3 is 0 Å². The third-order valence-electron chi connectivity index (χ3n) is 7.42. The van der Waals surface area contributed by atoms with Gasteiger partial charge in [-0.15, -0.1) is 0 Å². The first kappa shape index (κ1) is 20.9. The summed E-state index contributed by atoms with van der Waals surface area (Å²) in [6.07, 6.45) is 10.8. The summed E-state index contributed by atoms with van der Waals surface area (Å²) in [5, 5.41) is 4.85. The molecule has 2 fully saturated rings. The number of nitrogens with zero attached hydrogens (tertiary/aromatic N) is 3. The van der Waals surface area contributed by atoms with Crippen LogP contribution in [-0.4, -0.2) is 51.8 Å². The number of piperidine rings is 2. The summed E-state index contributed by atoms with van der Waals surface area (Å²) in [4.78, 5) is 22.0. The van der Waals surface area contributed by atoms with Gasteiger partial charge in [-0.2, -0.15) is 0 Å². The van der Waals surface area contributed by atoms with E-state index in [0.29, 0.717) is 5.39 Å². The number of thiocarbonyl (C=S) groups is 1. The van der Waals surface area contributed by atoms with Gasteiger partial charge in [-0.3, -0.25) is 9.36 Å². The molecule has 2 N–H and O–H groups in total. The first-order valence-electron chi connectivity index (χ1n) is 12.1. The molecule has 31 heavy (non-hydrogen) atoms. The van der Waals surface area contributed by atoms with Crippen LogP contribution < -0.4 is 15.8 Å². The van der Waals surface area contributed by atoms with E-state index in [2.05, 4.69) is 10.2 Å². The van der Waals surface area contributed by atoms with Crippen LogP contribution >= 0.6 is 12.2 Å². The quantitative estimate of drug-likeness (QED) is 0.702. The summed E-state index contributed by atoms with van der Waals surface area (Å²) < 4.78 is 1.88. The van der Waals surface area contributed by atoms with E-state index in [1.54, 1.807) is 0 Å². The Morgan fingerprint density at radius 3 is 2.61 bits per heavy atom. The molecule has 3 aliphatic heterocycles. The highest BCUT2D eigenvalue weighted by Gasteiger charge is 2.29. The van der Waals surface area contributed by atoms with E-state index < -0.39 is 0 Å². The number of hydrogen-bond acceptors (Lipinski definition) is 3. The number of quaternary nitrogens is 1. The van der Waals surface area contributed by atoms with Crippen molar-refractivity contribution < 1.29 is 4.90 Å². The van der Waals surface area contributed by atoms with Crippen molar-refractivity contribution in [1.82, 2.24) is 14.5 Å². The molecule has 0 radical (unpaired) electrons. The molecule has 3 aliphatic rings. The van der Waals surface area contributed by atoms with E-state index in [1.165, 1.54) is 45.2 Å². The van der Waals surface area contributed by atoms with Crippen LogP contribution in [0.4, 0.5) is 5.69 Å². The van der Waals surface area contributed by atoms with Gasteiger partial charge in [0.2, 0.25) is 0 Å². The average Bonchev–Trinajstić information content (AvgIpc) is 3.06. The van der Waals surface area contributed by atoms with Crippen molar-refractivity contribution in [2.45, 2.75) is 70.4 Å². The molecule has 0 amide bonds. The maximum absolute atomic E-state index is 13.1. The molecular formula is C24H34N5OS+. The van der Waals surface area contributed by atoms with Crippen molar-refractivity contribution in [3.8, 4) is 0 Å². The molecule has 0 aliphatic carbocycles. The lowest BCUT2D eigenvalue weighted by atomic mass is 10.0. The average molecular weight is 441 g/mol. The Hall–Kier alpha value is -1.99. The molecule has 2 aromatic rings. The lowest BCUT2D eigenvalue weighted by Gasteiger charge is -2.38. The van der Waals surface area contributed by atoms with Gasteiger partial charge in [0, 0.05) is 44.6 Å². The number of nitrogens with one attached hydrogen (secondary N) is 2. The van der Waals surface area contributed by atoms with Gasteiger partial charge in [-0.05, 0) is 62.5 Å². The first-order chi connectivity index (χ1) is 15.2. The molecule has 4 heterocycles. The predicted octanol–water partition coefficient (Wildman–Crippen LogP) is 2.35. The van der Waals surface area contributed by atoms with Crippen LogP contribution in [-0.2, 0) is 13.0 Å². The van der Waals surface area contributed by atoms with Gasteiger partial charge in [0.25, 0.3) is 5.56 Å². The standard InChI is InChI=1S/C24H33N5OS/c30-23-20-17-18(8-9-21(20)26-22-7-3-1-6-14-29(22)23)25-24(31)28-15-10-19(11-16-28)27-12-4-2-5-13-27/h8-9,17,19H,1-7,10-16H2,(H,25,31)/p+1. The van der Waals surface area contributed by atoms with E-state index in [9.17, 15) is 4.79 Å². The molecule has 6 nitrogen and oxygen atoms in total. The highest BCUT2D eigenvalue weighted by Crippen LogP contribution is 2.19. The molecule has 0 spiro atoms. The Kier molecular flexibility index (Phi) is 6.23. The minimum atomic E-state index is 0.0850. The molecule has 0 unspecified atom stereocenters. The SMILES string of the molecule is O=c1c2cc(NC(=S)N3CCC([NH+]4CCCCC4)CC3)ccc2nc2n1CCCCC2. The molecule has 0 atom stereocenters. The Balaban J connectivity index is 1.26. The minimum absolute atomic E-state index is 0.0850. The Labute approximate surface area is 189 Å². The van der Waals surface area contributed by atoms with Gasteiger partial charge < -0.3 is 15.1 Å². The molecule has 1 aromatic carbocycles. The molecule has 7 heteroatoms. The second-order valence-electron chi connectivity index (χ2n) is 9.44. The summed E-state index contributed by atoms with van der Waals surface area (Å²) in [6, 6.07) is 6.68. The van der Waals surface area contributed by atoms with Crippen LogP contribution in [0.25, 0.3) is 10.9 Å². The zero-order chi connectivity index (χ0) is 21.2. The molecule has 166 valence electrons. The van der Waals surface area contributed by atoms with Gasteiger partial charge in [0.15, 0.2) is 5.11 Å². The third-order valence-corrected chi connectivity index (χ3v) is 7.78. The second-order valence-corrected chi connectivity index (χ2v) is 9.82. The lowest BCUT2D eigenvalue weighted by Crippen LogP contribution is -3.16. The molecule has 5 rings (SSSR count). The van der Waals surface area contributed by atoms with Crippen molar-refractivity contribution in [2.75, 3.05) is 31.5 Å². The van der Waals surface area contributed by atoms with Gasteiger partial charge in [-0.1, -0.05) is 6.42 Å². The van der Waals surface area contributed by atoms with Gasteiger partial charge in [0.1, 0.15) is 5.82 Å². The number of hydrogen-bond donors (Lipinski definition) is 2. The molecule has 0 bridgehead atoms. The topological polar surface area (TPSA) is 54.6 Å². The summed E-state index contributed by atoms with van der Waals surface area (Å²) in [5.41, 5.74) is 1.76. The fraction of sp³-hybridized carbons (Fsp3) is 0.625. The van der Waals surface area contributed by atoms with Gasteiger partial charge in [0.05, 0.1) is 30.0 Å². The maximum Gasteiger partial charge on any atom is 0.261 e. The van der Waals surface area contributed by atoms with Crippen LogP contribution in [0.5, 0.6) is 0 Å². The number of fused-ring (bicyclic) bond motifs is 2. The normalized spacial score (nSPS) is 21.0. The fourth-order valence-corrected chi connectivity index (χ4v) is 5.90. The van der Waals surface area contributed by atoms with Crippen molar-refractivity contribution in [3.05, 3.63) is 34.4 Å². The highest BCUT2D eigenvalue weighted by atomic mass is 32.1. The number of rotatable bonds is 2. The third kappa shape index (κ3) is 4.48. The monoisotopic (exact) mass is 440 g/mol. The van der Waals surface area contributed by atoms with Crippen molar-refractivity contribution in [1.29, 1.82) is 0 Å². The molecule has 0 saturated carbocycles. The Bertz CT molecular complexity index is 1000. The van der Waals surface area contributed by atoms with E-state index in [-0.39, 0.29) is 5.56 Å². The summed E-state index contributed by atoms with van der Waals surface area (Å²) in [7, 11) is 0. The zero-order valence-electron chi connectivity index (χ0n) is 18.4. The number of aryl methyl sites for hydroxylation is 1. The number of benzene rings is 1. The fourth-order valence-electron chi connectivity index (χ4n) is 5.60. The van der Waals surface area contributed by atoms with Crippen LogP contribution in [0.3, 0.4) is 0 Å². The summed E-state index contributed by atoms with van der Waals surface area (Å²) >= 11 is 5.73. The second kappa shape index (κ2) is 9.25. The number of aromatic nitrogens is 2. The van der Waals surface area contributed by atoms with Crippen LogP contribution in [0.15, 0.2) is 23.0 Å². The van der Waals surface area contributed by atoms with Crippen LogP contribution in [0, 0.1) is 0 Å². The highest BCUT2D eigenvalue weighted by molar-refractivity contribution is 7.80. The zero-order valence-corrected chi connectivity index (χ0v) is 19.2. The number of likely N-dealkylation sites (tertiary alicyclic amines) is 2. The molecule has 1 aromatic heterocycles. The Morgan fingerprint density at radius 2 is 1.81 bits per heavy atom. The van der Waals surface area contributed by atoms with Gasteiger partial charge in [-0.25, -0.2) is 4.98 Å².